The summed E-state index contributed by atoms with van der Waals surface area (Å²) >= 11 is 5.65. The van der Waals surface area contributed by atoms with Crippen molar-refractivity contribution in [3.63, 3.8) is 0 Å². The second kappa shape index (κ2) is 6.41. The number of hydrogen-bond acceptors (Lipinski definition) is 5. The van der Waals surface area contributed by atoms with Crippen LogP contribution in [0.5, 0.6) is 0 Å². The van der Waals surface area contributed by atoms with Crippen molar-refractivity contribution in [2.24, 2.45) is 0 Å². The van der Waals surface area contributed by atoms with Gasteiger partial charge in [-0.2, -0.15) is 0 Å². The van der Waals surface area contributed by atoms with Gasteiger partial charge in [-0.25, -0.2) is 18.7 Å². The molecule has 0 aliphatic carbocycles. The van der Waals surface area contributed by atoms with Crippen LogP contribution in [0.2, 0.25) is 5.15 Å². The van der Waals surface area contributed by atoms with Crippen molar-refractivity contribution < 1.29 is 18.7 Å². The van der Waals surface area contributed by atoms with Crippen LogP contribution in [-0.2, 0) is 0 Å². The number of alkyl halides is 2. The Bertz CT molecular complexity index is 393. The van der Waals surface area contributed by atoms with Crippen molar-refractivity contribution in [2.75, 3.05) is 24.6 Å². The lowest BCUT2D eigenvalue weighted by Gasteiger charge is -2.23. The Hall–Kier alpha value is -1.34. The van der Waals surface area contributed by atoms with Gasteiger partial charge in [0, 0.05) is 6.54 Å². The molecule has 5 nitrogen and oxygen atoms in total. The van der Waals surface area contributed by atoms with E-state index < -0.39 is 13.0 Å². The molecule has 0 saturated carbocycles. The molecule has 1 rings (SSSR count). The monoisotopic (exact) mass is 265 g/mol. The van der Waals surface area contributed by atoms with Crippen LogP contribution >= 0.6 is 11.6 Å². The summed E-state index contributed by atoms with van der Waals surface area (Å²) in [5.74, 6) is -0.00523. The third-order valence-corrected chi connectivity index (χ3v) is 2.26. The van der Waals surface area contributed by atoms with E-state index in [-0.39, 0.29) is 29.7 Å². The zero-order valence-electron chi connectivity index (χ0n) is 8.68. The lowest BCUT2D eigenvalue weighted by atomic mass is 10.3. The SMILES string of the molecule is O=Cc1c(Cl)ncnc1N(CCO)CC(F)F. The number of aliphatic hydroxyl groups is 1. The molecule has 1 N–H and O–H groups in total. The highest BCUT2D eigenvalue weighted by Crippen LogP contribution is 2.21. The van der Waals surface area contributed by atoms with Gasteiger partial charge in [0.2, 0.25) is 0 Å². The summed E-state index contributed by atoms with van der Waals surface area (Å²) in [6.07, 6.45) is -1.15. The van der Waals surface area contributed by atoms with E-state index in [4.69, 9.17) is 16.7 Å². The summed E-state index contributed by atoms with van der Waals surface area (Å²) in [5, 5.41) is 8.68. The van der Waals surface area contributed by atoms with Crippen LogP contribution < -0.4 is 4.90 Å². The minimum absolute atomic E-state index is 0.00523. The number of halogens is 3. The van der Waals surface area contributed by atoms with Crippen LogP contribution in [0.3, 0.4) is 0 Å². The van der Waals surface area contributed by atoms with Crippen LogP contribution in [0.4, 0.5) is 14.6 Å². The molecule has 0 fully saturated rings. The molecule has 0 atom stereocenters. The number of rotatable bonds is 6. The van der Waals surface area contributed by atoms with Gasteiger partial charge < -0.3 is 10.0 Å². The van der Waals surface area contributed by atoms with Crippen molar-refractivity contribution >= 4 is 23.7 Å². The lowest BCUT2D eigenvalue weighted by molar-refractivity contribution is 0.112. The van der Waals surface area contributed by atoms with Gasteiger partial charge in [-0.3, -0.25) is 4.79 Å². The van der Waals surface area contributed by atoms with Crippen LogP contribution in [0.15, 0.2) is 6.33 Å². The molecule has 8 heteroatoms. The molecule has 0 saturated heterocycles. The average molecular weight is 266 g/mol. The van der Waals surface area contributed by atoms with E-state index in [1.54, 1.807) is 0 Å². The fourth-order valence-electron chi connectivity index (χ4n) is 1.29. The Morgan fingerprint density at radius 3 is 2.76 bits per heavy atom. The van der Waals surface area contributed by atoms with Gasteiger partial charge in [0.1, 0.15) is 17.3 Å². The van der Waals surface area contributed by atoms with Crippen LogP contribution in [0.25, 0.3) is 0 Å². The van der Waals surface area contributed by atoms with Crippen molar-refractivity contribution in [1.29, 1.82) is 0 Å². The Morgan fingerprint density at radius 2 is 2.24 bits per heavy atom. The number of hydrogen-bond donors (Lipinski definition) is 1. The minimum Gasteiger partial charge on any atom is -0.395 e. The third kappa shape index (κ3) is 3.57. The van der Waals surface area contributed by atoms with E-state index in [1.807, 2.05) is 0 Å². The van der Waals surface area contributed by atoms with Gasteiger partial charge in [0.15, 0.2) is 6.29 Å². The van der Waals surface area contributed by atoms with E-state index in [0.29, 0.717) is 6.29 Å². The number of anilines is 1. The zero-order valence-corrected chi connectivity index (χ0v) is 9.44. The molecule has 0 unspecified atom stereocenters. The Balaban J connectivity index is 3.08. The predicted octanol–water partition coefficient (Wildman–Crippen LogP) is 1.01. The number of aromatic nitrogens is 2. The van der Waals surface area contributed by atoms with Gasteiger partial charge >= 0.3 is 0 Å². The minimum atomic E-state index is -2.62. The third-order valence-electron chi connectivity index (χ3n) is 1.96. The first-order valence-electron chi connectivity index (χ1n) is 4.69. The lowest BCUT2D eigenvalue weighted by Crippen LogP contribution is -2.33. The number of aldehydes is 1. The number of carbonyl (C=O) groups excluding carboxylic acids is 1. The van der Waals surface area contributed by atoms with E-state index >= 15 is 0 Å². The van der Waals surface area contributed by atoms with Crippen LogP contribution in [0.1, 0.15) is 10.4 Å². The van der Waals surface area contributed by atoms with E-state index in [9.17, 15) is 13.6 Å². The molecule has 0 bridgehead atoms. The maximum absolute atomic E-state index is 12.3. The molecule has 0 amide bonds. The zero-order chi connectivity index (χ0) is 12.8. The highest BCUT2D eigenvalue weighted by molar-refractivity contribution is 6.32. The highest BCUT2D eigenvalue weighted by Gasteiger charge is 2.19. The van der Waals surface area contributed by atoms with Gasteiger partial charge in [-0.15, -0.1) is 0 Å². The number of aliphatic hydroxyl groups excluding tert-OH is 1. The molecule has 17 heavy (non-hydrogen) atoms. The van der Waals surface area contributed by atoms with E-state index in [2.05, 4.69) is 9.97 Å². The van der Waals surface area contributed by atoms with E-state index in [0.717, 1.165) is 11.2 Å². The fraction of sp³-hybridized carbons (Fsp3) is 0.444. The van der Waals surface area contributed by atoms with Crippen molar-refractivity contribution in [1.82, 2.24) is 9.97 Å². The van der Waals surface area contributed by atoms with Gasteiger partial charge in [-0.05, 0) is 0 Å². The van der Waals surface area contributed by atoms with Crippen LogP contribution in [0, 0.1) is 0 Å². The fourth-order valence-corrected chi connectivity index (χ4v) is 1.46. The average Bonchev–Trinajstić information content (AvgIpc) is 2.27. The summed E-state index contributed by atoms with van der Waals surface area (Å²) in [4.78, 5) is 19.2. The molecule has 0 aromatic carbocycles. The first-order chi connectivity index (χ1) is 8.10. The van der Waals surface area contributed by atoms with Crippen molar-refractivity contribution in [3.8, 4) is 0 Å². The maximum Gasteiger partial charge on any atom is 0.255 e. The predicted molar refractivity (Wildman–Crippen MR) is 57.7 cm³/mol. The summed E-state index contributed by atoms with van der Waals surface area (Å²) in [6.45, 7) is -1.06. The van der Waals surface area contributed by atoms with Crippen molar-refractivity contribution in [3.05, 3.63) is 17.0 Å². The van der Waals surface area contributed by atoms with Gasteiger partial charge in [-0.1, -0.05) is 11.6 Å². The summed E-state index contributed by atoms with van der Waals surface area (Å²) in [6, 6.07) is 0. The molecule has 1 aromatic heterocycles. The number of nitrogens with zero attached hydrogens (tertiary/aromatic N) is 3. The number of carbonyl (C=O) groups is 1. The second-order valence-electron chi connectivity index (χ2n) is 3.08. The first kappa shape index (κ1) is 13.7. The Labute approximate surface area is 101 Å². The quantitative estimate of drug-likeness (QED) is 0.614. The molecule has 1 heterocycles. The van der Waals surface area contributed by atoms with Crippen LogP contribution in [-0.4, -0.2) is 47.5 Å². The molecule has 0 radical (unpaired) electrons. The maximum atomic E-state index is 12.3. The standard InChI is InChI=1S/C9H10ClF2N3O2/c10-8-6(4-17)9(14-5-13-8)15(1-2-16)3-7(11)12/h4-5,7,16H,1-3H2. The highest BCUT2D eigenvalue weighted by atomic mass is 35.5. The summed E-state index contributed by atoms with van der Waals surface area (Å²) < 4.78 is 24.7. The molecule has 0 aliphatic rings. The van der Waals surface area contributed by atoms with Gasteiger partial charge in [0.25, 0.3) is 6.43 Å². The smallest absolute Gasteiger partial charge is 0.255 e. The molecule has 0 aliphatic heterocycles. The second-order valence-corrected chi connectivity index (χ2v) is 3.44. The summed E-state index contributed by atoms with van der Waals surface area (Å²) in [7, 11) is 0. The molecular weight excluding hydrogens is 256 g/mol. The van der Waals surface area contributed by atoms with Crippen molar-refractivity contribution in [2.45, 2.75) is 6.43 Å². The molecule has 0 spiro atoms. The first-order valence-corrected chi connectivity index (χ1v) is 5.07. The summed E-state index contributed by atoms with van der Waals surface area (Å²) in [5.41, 5.74) is -0.0664. The van der Waals surface area contributed by atoms with Gasteiger partial charge in [0.05, 0.1) is 18.7 Å². The topological polar surface area (TPSA) is 66.3 Å². The Morgan fingerprint density at radius 1 is 1.53 bits per heavy atom. The van der Waals surface area contributed by atoms with E-state index in [1.165, 1.54) is 0 Å². The molecular formula is C9H10ClF2N3O2. The Kier molecular flexibility index (Phi) is 5.17. The molecule has 1 aromatic rings. The normalized spacial score (nSPS) is 10.6. The molecule has 94 valence electrons. The largest absolute Gasteiger partial charge is 0.395 e.